The molecule has 4 rings (SSSR count). The summed E-state index contributed by atoms with van der Waals surface area (Å²) in [6.45, 7) is 0.496. The Bertz CT molecular complexity index is 697. The first-order valence-electron chi connectivity index (χ1n) is 6.16. The van der Waals surface area contributed by atoms with Crippen LogP contribution in [0.5, 0.6) is 0 Å². The summed E-state index contributed by atoms with van der Waals surface area (Å²) in [5.41, 5.74) is 2.37. The number of benzene rings is 1. The van der Waals surface area contributed by atoms with Crippen LogP contribution in [0.2, 0.25) is 0 Å². The summed E-state index contributed by atoms with van der Waals surface area (Å²) in [5, 5.41) is 10.2. The van der Waals surface area contributed by atoms with Gasteiger partial charge in [-0.15, -0.1) is 0 Å². The van der Waals surface area contributed by atoms with Gasteiger partial charge in [-0.05, 0) is 11.6 Å². The number of fused-ring (bicyclic) bond motifs is 5. The van der Waals surface area contributed by atoms with Gasteiger partial charge >= 0.3 is 5.97 Å². The molecule has 1 aromatic carbocycles. The maximum absolute atomic E-state index is 11.6. The Morgan fingerprint density at radius 2 is 2.21 bits per heavy atom. The maximum Gasteiger partial charge on any atom is 0.336 e. The van der Waals surface area contributed by atoms with E-state index in [1.54, 1.807) is 6.07 Å². The van der Waals surface area contributed by atoms with E-state index < -0.39 is 12.3 Å². The number of pyridine rings is 1. The second kappa shape index (κ2) is 3.76. The predicted molar refractivity (Wildman–Crippen MR) is 66.0 cm³/mol. The average Bonchev–Trinajstić information content (AvgIpc) is 2.79. The minimum absolute atomic E-state index is 0.0569. The highest BCUT2D eigenvalue weighted by atomic mass is 16.7. The van der Waals surface area contributed by atoms with E-state index in [1.807, 2.05) is 18.2 Å². The fourth-order valence-corrected chi connectivity index (χ4v) is 2.84. The second-order valence-corrected chi connectivity index (χ2v) is 4.80. The number of carbonyl (C=O) groups is 1. The van der Waals surface area contributed by atoms with Crippen LogP contribution >= 0.6 is 0 Å². The summed E-state index contributed by atoms with van der Waals surface area (Å²) in [6, 6.07) is 7.27. The number of para-hydroxylation sites is 1. The summed E-state index contributed by atoms with van der Waals surface area (Å²) < 4.78 is 11.1. The molecule has 0 radical (unpaired) electrons. The number of carboxylic acids is 1. The van der Waals surface area contributed by atoms with Crippen LogP contribution in [-0.2, 0) is 15.9 Å². The van der Waals surface area contributed by atoms with Gasteiger partial charge in [0.25, 0.3) is 0 Å². The lowest BCUT2D eigenvalue weighted by atomic mass is 9.95. The molecule has 0 amide bonds. The van der Waals surface area contributed by atoms with Crippen molar-refractivity contribution in [2.24, 2.45) is 0 Å². The molecule has 1 saturated heterocycles. The van der Waals surface area contributed by atoms with E-state index >= 15 is 0 Å². The van der Waals surface area contributed by atoms with Gasteiger partial charge in [-0.25, -0.2) is 9.78 Å². The number of ether oxygens (including phenoxy) is 2. The van der Waals surface area contributed by atoms with Crippen molar-refractivity contribution in [2.45, 2.75) is 18.8 Å². The monoisotopic (exact) mass is 257 g/mol. The van der Waals surface area contributed by atoms with Crippen molar-refractivity contribution in [3.8, 4) is 0 Å². The Morgan fingerprint density at radius 3 is 3.05 bits per heavy atom. The van der Waals surface area contributed by atoms with Gasteiger partial charge in [0.15, 0.2) is 0 Å². The van der Waals surface area contributed by atoms with Crippen LogP contribution in [0.15, 0.2) is 24.3 Å². The Morgan fingerprint density at radius 1 is 1.37 bits per heavy atom. The molecular weight excluding hydrogens is 246 g/mol. The van der Waals surface area contributed by atoms with E-state index in [4.69, 9.17) is 9.47 Å². The first-order valence-corrected chi connectivity index (χ1v) is 6.16. The topological polar surface area (TPSA) is 68.7 Å². The summed E-state index contributed by atoms with van der Waals surface area (Å²) in [4.78, 5) is 16.1. The zero-order valence-electron chi connectivity index (χ0n) is 10.00. The predicted octanol–water partition coefficient (Wildman–Crippen LogP) is 1.90. The highest BCUT2D eigenvalue weighted by molar-refractivity contribution is 6.04. The van der Waals surface area contributed by atoms with Crippen molar-refractivity contribution in [2.75, 3.05) is 6.61 Å². The molecule has 96 valence electrons. The lowest BCUT2D eigenvalue weighted by Gasteiger charge is -2.23. The SMILES string of the molecule is O=C(O)c1c2c(nc3ccccc13)[C@H]1OC[C@H](C2)O1. The maximum atomic E-state index is 11.6. The smallest absolute Gasteiger partial charge is 0.336 e. The van der Waals surface area contributed by atoms with Gasteiger partial charge in [0.05, 0.1) is 23.8 Å². The molecule has 0 spiro atoms. The molecule has 2 atom stereocenters. The zero-order chi connectivity index (χ0) is 13.0. The molecule has 1 fully saturated rings. The molecule has 19 heavy (non-hydrogen) atoms. The Kier molecular flexibility index (Phi) is 2.15. The lowest BCUT2D eigenvalue weighted by molar-refractivity contribution is -0.0708. The quantitative estimate of drug-likeness (QED) is 0.845. The third-order valence-electron chi connectivity index (χ3n) is 3.64. The molecule has 0 aliphatic carbocycles. The van der Waals surface area contributed by atoms with Gasteiger partial charge in [0, 0.05) is 11.8 Å². The van der Waals surface area contributed by atoms with E-state index in [0.717, 1.165) is 5.56 Å². The first-order chi connectivity index (χ1) is 9.24. The van der Waals surface area contributed by atoms with Crippen molar-refractivity contribution >= 4 is 16.9 Å². The van der Waals surface area contributed by atoms with Crippen LogP contribution in [0.1, 0.15) is 27.9 Å². The number of hydrogen-bond acceptors (Lipinski definition) is 4. The Hall–Kier alpha value is -1.98. The molecule has 5 heteroatoms. The van der Waals surface area contributed by atoms with Crippen molar-refractivity contribution in [1.82, 2.24) is 4.98 Å². The summed E-state index contributed by atoms with van der Waals surface area (Å²) in [7, 11) is 0. The molecule has 1 N–H and O–H groups in total. The summed E-state index contributed by atoms with van der Waals surface area (Å²) >= 11 is 0. The first kappa shape index (κ1) is 10.9. The summed E-state index contributed by atoms with van der Waals surface area (Å²) in [6.07, 6.45) is -0.0271. The minimum Gasteiger partial charge on any atom is -0.478 e. The number of nitrogens with zero attached hydrogens (tertiary/aromatic N) is 1. The largest absolute Gasteiger partial charge is 0.478 e. The fourth-order valence-electron chi connectivity index (χ4n) is 2.84. The molecule has 0 saturated carbocycles. The van der Waals surface area contributed by atoms with Crippen LogP contribution in [0.4, 0.5) is 0 Å². The van der Waals surface area contributed by atoms with Gasteiger partial charge < -0.3 is 14.6 Å². The van der Waals surface area contributed by atoms with Gasteiger partial charge in [-0.3, -0.25) is 0 Å². The fraction of sp³-hybridized carbons (Fsp3) is 0.286. The van der Waals surface area contributed by atoms with Gasteiger partial charge in [0.2, 0.25) is 6.29 Å². The van der Waals surface area contributed by atoms with E-state index in [0.29, 0.717) is 35.2 Å². The summed E-state index contributed by atoms with van der Waals surface area (Å²) in [5.74, 6) is -0.920. The average molecular weight is 257 g/mol. The standard InChI is InChI=1S/C14H11NO4/c16-13(17)11-8-3-1-2-4-10(8)15-12-9(11)5-7-6-18-14(12)19-7/h1-4,7,14H,5-6H2,(H,16,17)/t7-,14-/m0/s1. The Labute approximate surface area is 108 Å². The molecular formula is C14H11NO4. The highest BCUT2D eigenvalue weighted by Gasteiger charge is 2.38. The second-order valence-electron chi connectivity index (χ2n) is 4.80. The Balaban J connectivity index is 2.09. The van der Waals surface area contributed by atoms with Crippen LogP contribution in [0.3, 0.4) is 0 Å². The van der Waals surface area contributed by atoms with Gasteiger partial charge in [-0.2, -0.15) is 0 Å². The number of aromatic carboxylic acids is 1. The zero-order valence-corrected chi connectivity index (χ0v) is 10.00. The van der Waals surface area contributed by atoms with Crippen molar-refractivity contribution in [3.05, 3.63) is 41.1 Å². The van der Waals surface area contributed by atoms with E-state index in [1.165, 1.54) is 0 Å². The molecule has 3 heterocycles. The van der Waals surface area contributed by atoms with E-state index in [2.05, 4.69) is 4.98 Å². The third-order valence-corrected chi connectivity index (χ3v) is 3.64. The van der Waals surface area contributed by atoms with Crippen molar-refractivity contribution < 1.29 is 19.4 Å². The number of aromatic nitrogens is 1. The molecule has 2 bridgehead atoms. The van der Waals surface area contributed by atoms with Crippen LogP contribution in [0, 0.1) is 0 Å². The van der Waals surface area contributed by atoms with E-state index in [-0.39, 0.29) is 6.10 Å². The van der Waals surface area contributed by atoms with Crippen LogP contribution in [-0.4, -0.2) is 28.8 Å². The van der Waals surface area contributed by atoms with Crippen LogP contribution in [0.25, 0.3) is 10.9 Å². The number of carboxylic acid groups (broad SMARTS) is 1. The molecule has 0 unspecified atom stereocenters. The lowest BCUT2D eigenvalue weighted by Crippen LogP contribution is -2.23. The molecule has 2 aliphatic rings. The minimum atomic E-state index is -0.920. The van der Waals surface area contributed by atoms with Crippen molar-refractivity contribution in [3.63, 3.8) is 0 Å². The van der Waals surface area contributed by atoms with Gasteiger partial charge in [0.1, 0.15) is 5.69 Å². The number of hydrogen-bond donors (Lipinski definition) is 1. The molecule has 2 aromatic rings. The third kappa shape index (κ3) is 1.49. The van der Waals surface area contributed by atoms with Crippen LogP contribution < -0.4 is 0 Å². The normalized spacial score (nSPS) is 24.4. The molecule has 1 aromatic heterocycles. The van der Waals surface area contributed by atoms with Gasteiger partial charge in [-0.1, -0.05) is 18.2 Å². The molecule has 5 nitrogen and oxygen atoms in total. The highest BCUT2D eigenvalue weighted by Crippen LogP contribution is 2.38. The van der Waals surface area contributed by atoms with E-state index in [9.17, 15) is 9.90 Å². The van der Waals surface area contributed by atoms with Crippen molar-refractivity contribution in [1.29, 1.82) is 0 Å². The molecule has 2 aliphatic heterocycles. The number of rotatable bonds is 1.